The third kappa shape index (κ3) is 10.1. The van der Waals surface area contributed by atoms with E-state index in [0.717, 1.165) is 11.8 Å². The second kappa shape index (κ2) is 15.7. The predicted molar refractivity (Wildman–Crippen MR) is 117 cm³/mol. The number of nitrogens with zero attached hydrogens (tertiary/aromatic N) is 1. The minimum Gasteiger partial charge on any atom is -0.316 e. The molecule has 0 saturated heterocycles. The molecule has 2 N–H and O–H groups in total. The fourth-order valence-corrected chi connectivity index (χ4v) is 4.00. The quantitative estimate of drug-likeness (QED) is 0.285. The normalized spacial score (nSPS) is 20.6. The summed E-state index contributed by atoms with van der Waals surface area (Å²) < 4.78 is 0. The topological polar surface area (TPSA) is 27.3 Å². The zero-order valence-electron chi connectivity index (χ0n) is 18.3. The van der Waals surface area contributed by atoms with E-state index in [0.29, 0.717) is 0 Å². The lowest BCUT2D eigenvalue weighted by atomic mass is 9.73. The van der Waals surface area contributed by atoms with E-state index < -0.39 is 0 Å². The van der Waals surface area contributed by atoms with Gasteiger partial charge in [0.1, 0.15) is 0 Å². The Morgan fingerprint density at radius 2 is 1.54 bits per heavy atom. The largest absolute Gasteiger partial charge is 0.316 e. The highest BCUT2D eigenvalue weighted by molar-refractivity contribution is 5.00. The summed E-state index contributed by atoms with van der Waals surface area (Å²) in [6.45, 7) is 17.5. The van der Waals surface area contributed by atoms with Crippen LogP contribution < -0.4 is 10.6 Å². The Labute approximate surface area is 164 Å². The molecule has 2 atom stereocenters. The van der Waals surface area contributed by atoms with Gasteiger partial charge >= 0.3 is 0 Å². The van der Waals surface area contributed by atoms with Crippen molar-refractivity contribution >= 4 is 0 Å². The third-order valence-electron chi connectivity index (χ3n) is 6.13. The molecule has 0 aliphatic heterocycles. The van der Waals surface area contributed by atoms with Gasteiger partial charge in [0.15, 0.2) is 0 Å². The standard InChI is InChI=1S/C23H47N3/c1-5-12-21(6-2)13-9-10-16-24-19-22-14-15-23(22)20-25-17-11-18-26(7-3)8-4/h13,22-25H,5-12,14-20H2,1-4H3/b21-13+. The van der Waals surface area contributed by atoms with E-state index in [2.05, 4.69) is 49.3 Å². The van der Waals surface area contributed by atoms with Crippen LogP contribution in [0.2, 0.25) is 0 Å². The zero-order chi connectivity index (χ0) is 19.0. The van der Waals surface area contributed by atoms with Crippen LogP contribution in [0.5, 0.6) is 0 Å². The van der Waals surface area contributed by atoms with Crippen molar-refractivity contribution < 1.29 is 0 Å². The Morgan fingerprint density at radius 3 is 2.04 bits per heavy atom. The lowest BCUT2D eigenvalue weighted by Gasteiger charge is -2.37. The molecule has 1 saturated carbocycles. The van der Waals surface area contributed by atoms with Crippen LogP contribution in [0.15, 0.2) is 11.6 Å². The predicted octanol–water partition coefficient (Wildman–Crippen LogP) is 4.84. The Morgan fingerprint density at radius 1 is 0.923 bits per heavy atom. The van der Waals surface area contributed by atoms with Crippen molar-refractivity contribution in [1.82, 2.24) is 15.5 Å². The van der Waals surface area contributed by atoms with Crippen molar-refractivity contribution in [2.24, 2.45) is 11.8 Å². The fourth-order valence-electron chi connectivity index (χ4n) is 4.00. The van der Waals surface area contributed by atoms with Gasteiger partial charge in [-0.15, -0.1) is 0 Å². The summed E-state index contributed by atoms with van der Waals surface area (Å²) in [6, 6.07) is 0. The minimum atomic E-state index is 0.909. The van der Waals surface area contributed by atoms with Crippen molar-refractivity contribution in [3.63, 3.8) is 0 Å². The first-order chi connectivity index (χ1) is 12.7. The van der Waals surface area contributed by atoms with Gasteiger partial charge < -0.3 is 15.5 Å². The molecule has 0 aromatic heterocycles. The summed E-state index contributed by atoms with van der Waals surface area (Å²) in [7, 11) is 0. The van der Waals surface area contributed by atoms with Crippen LogP contribution in [0.4, 0.5) is 0 Å². The highest BCUT2D eigenvalue weighted by atomic mass is 15.1. The Bertz CT molecular complexity index is 349. The molecule has 1 rings (SSSR count). The van der Waals surface area contributed by atoms with E-state index in [1.165, 1.54) is 97.2 Å². The second-order valence-corrected chi connectivity index (χ2v) is 7.99. The van der Waals surface area contributed by atoms with Crippen molar-refractivity contribution in [2.45, 2.75) is 79.1 Å². The number of nitrogens with one attached hydrogen (secondary N) is 2. The van der Waals surface area contributed by atoms with E-state index in [9.17, 15) is 0 Å². The molecule has 0 heterocycles. The van der Waals surface area contributed by atoms with E-state index >= 15 is 0 Å². The van der Waals surface area contributed by atoms with Gasteiger partial charge in [-0.05, 0) is 103 Å². The monoisotopic (exact) mass is 365 g/mol. The lowest BCUT2D eigenvalue weighted by Crippen LogP contribution is -2.41. The molecule has 0 aromatic rings. The molecule has 154 valence electrons. The SMILES string of the molecule is CCC/C(=C/CCCNCC1CCC1CNCCCN(CC)CC)CC. The first-order valence-electron chi connectivity index (χ1n) is 11.6. The smallest absolute Gasteiger partial charge is 0.000687 e. The van der Waals surface area contributed by atoms with E-state index in [1.54, 1.807) is 5.57 Å². The van der Waals surface area contributed by atoms with Crippen LogP contribution >= 0.6 is 0 Å². The van der Waals surface area contributed by atoms with Crippen LogP contribution in [0, 0.1) is 11.8 Å². The molecule has 26 heavy (non-hydrogen) atoms. The number of allylic oxidation sites excluding steroid dienone is 2. The van der Waals surface area contributed by atoms with Gasteiger partial charge in [-0.1, -0.05) is 45.8 Å². The molecular weight excluding hydrogens is 318 g/mol. The molecular formula is C23H47N3. The molecule has 2 unspecified atom stereocenters. The number of rotatable bonds is 17. The lowest BCUT2D eigenvalue weighted by molar-refractivity contribution is 0.167. The van der Waals surface area contributed by atoms with Gasteiger partial charge in [0, 0.05) is 0 Å². The summed E-state index contributed by atoms with van der Waals surface area (Å²) >= 11 is 0. The van der Waals surface area contributed by atoms with E-state index in [1.807, 2.05) is 0 Å². The Hall–Kier alpha value is -0.380. The van der Waals surface area contributed by atoms with E-state index in [4.69, 9.17) is 0 Å². The molecule has 1 aliphatic rings. The van der Waals surface area contributed by atoms with Crippen molar-refractivity contribution in [1.29, 1.82) is 0 Å². The summed E-state index contributed by atoms with van der Waals surface area (Å²) in [5.74, 6) is 1.82. The third-order valence-corrected chi connectivity index (χ3v) is 6.13. The van der Waals surface area contributed by atoms with Gasteiger partial charge in [-0.2, -0.15) is 0 Å². The molecule has 3 heteroatoms. The number of hydrogen-bond donors (Lipinski definition) is 2. The summed E-state index contributed by atoms with van der Waals surface area (Å²) in [4.78, 5) is 2.51. The van der Waals surface area contributed by atoms with Crippen molar-refractivity contribution in [2.75, 3.05) is 45.8 Å². The first kappa shape index (κ1) is 23.7. The van der Waals surface area contributed by atoms with E-state index in [-0.39, 0.29) is 0 Å². The molecule has 0 spiro atoms. The Kier molecular flexibility index (Phi) is 14.2. The molecule has 3 nitrogen and oxygen atoms in total. The van der Waals surface area contributed by atoms with Crippen LogP contribution in [0.25, 0.3) is 0 Å². The fraction of sp³-hybridized carbons (Fsp3) is 0.913. The highest BCUT2D eigenvalue weighted by Gasteiger charge is 2.29. The summed E-state index contributed by atoms with van der Waals surface area (Å²) in [5.41, 5.74) is 1.65. The second-order valence-electron chi connectivity index (χ2n) is 7.99. The zero-order valence-corrected chi connectivity index (χ0v) is 18.3. The number of hydrogen-bond acceptors (Lipinski definition) is 3. The van der Waals surface area contributed by atoms with Crippen LogP contribution in [-0.4, -0.2) is 50.7 Å². The maximum Gasteiger partial charge on any atom is -0.000687 e. The van der Waals surface area contributed by atoms with Crippen LogP contribution in [0.1, 0.15) is 79.1 Å². The van der Waals surface area contributed by atoms with Gasteiger partial charge in [-0.25, -0.2) is 0 Å². The molecule has 1 aliphatic carbocycles. The van der Waals surface area contributed by atoms with Gasteiger partial charge in [0.05, 0.1) is 0 Å². The van der Waals surface area contributed by atoms with Crippen molar-refractivity contribution in [3.05, 3.63) is 11.6 Å². The molecule has 0 radical (unpaired) electrons. The van der Waals surface area contributed by atoms with Gasteiger partial charge in [0.25, 0.3) is 0 Å². The van der Waals surface area contributed by atoms with Crippen molar-refractivity contribution in [3.8, 4) is 0 Å². The molecule has 0 amide bonds. The van der Waals surface area contributed by atoms with Gasteiger partial charge in [-0.3, -0.25) is 0 Å². The molecule has 0 aromatic carbocycles. The van der Waals surface area contributed by atoms with Crippen LogP contribution in [0.3, 0.4) is 0 Å². The maximum atomic E-state index is 3.71. The Balaban J connectivity index is 1.98. The number of unbranched alkanes of at least 4 members (excludes halogenated alkanes) is 1. The minimum absolute atomic E-state index is 0.909. The summed E-state index contributed by atoms with van der Waals surface area (Å²) in [6.07, 6.45) is 13.0. The first-order valence-corrected chi connectivity index (χ1v) is 11.6. The average molecular weight is 366 g/mol. The molecule has 0 bridgehead atoms. The summed E-state index contributed by atoms with van der Waals surface area (Å²) in [5, 5.41) is 7.41. The average Bonchev–Trinajstić information content (AvgIpc) is 2.64. The maximum absolute atomic E-state index is 3.71. The molecule has 1 fully saturated rings. The highest BCUT2D eigenvalue weighted by Crippen LogP contribution is 2.33. The van der Waals surface area contributed by atoms with Gasteiger partial charge in [0.2, 0.25) is 0 Å². The van der Waals surface area contributed by atoms with Crippen LogP contribution in [-0.2, 0) is 0 Å².